The maximum Gasteiger partial charge on any atom is 0.245 e. The minimum atomic E-state index is -3.74. The number of para-hydroxylation sites is 1. The second kappa shape index (κ2) is 7.76. The van der Waals surface area contributed by atoms with E-state index in [2.05, 4.69) is 15.9 Å². The molecule has 0 spiro atoms. The van der Waals surface area contributed by atoms with E-state index in [0.29, 0.717) is 18.2 Å². The summed E-state index contributed by atoms with van der Waals surface area (Å²) in [4.78, 5) is 2.11. The highest BCUT2D eigenvalue weighted by atomic mass is 79.9. The molecule has 1 aliphatic heterocycles. The van der Waals surface area contributed by atoms with Gasteiger partial charge in [0.25, 0.3) is 0 Å². The van der Waals surface area contributed by atoms with Crippen LogP contribution in [0.25, 0.3) is 0 Å². The Kier molecular flexibility index (Phi) is 5.51. The summed E-state index contributed by atoms with van der Waals surface area (Å²) in [6, 6.07) is 12.2. The number of rotatable bonds is 2. The van der Waals surface area contributed by atoms with E-state index < -0.39 is 15.8 Å². The van der Waals surface area contributed by atoms with Crippen molar-refractivity contribution in [2.75, 3.05) is 18.5 Å². The second-order valence-corrected chi connectivity index (χ2v) is 10.5. The van der Waals surface area contributed by atoms with Gasteiger partial charge in [0.2, 0.25) is 10.0 Å². The van der Waals surface area contributed by atoms with Crippen molar-refractivity contribution in [2.45, 2.75) is 43.0 Å². The van der Waals surface area contributed by atoms with Gasteiger partial charge in [0.1, 0.15) is 10.7 Å². The van der Waals surface area contributed by atoms with Crippen LogP contribution in [0.3, 0.4) is 0 Å². The summed E-state index contributed by atoms with van der Waals surface area (Å²) in [6.45, 7) is 0.512. The van der Waals surface area contributed by atoms with Crippen LogP contribution in [0.5, 0.6) is 0 Å². The molecule has 0 aromatic heterocycles. The van der Waals surface area contributed by atoms with E-state index in [1.165, 1.54) is 22.9 Å². The number of anilines is 2. The fourth-order valence-electron chi connectivity index (χ4n) is 4.49. The molecule has 4 nitrogen and oxygen atoms in total. The molecule has 1 heterocycles. The lowest BCUT2D eigenvalue weighted by molar-refractivity contribution is 0.218. The highest BCUT2D eigenvalue weighted by molar-refractivity contribution is 9.10. The third-order valence-electron chi connectivity index (χ3n) is 6.05. The van der Waals surface area contributed by atoms with Crippen molar-refractivity contribution < 1.29 is 12.8 Å². The van der Waals surface area contributed by atoms with Crippen molar-refractivity contribution in [1.82, 2.24) is 4.31 Å². The van der Waals surface area contributed by atoms with E-state index >= 15 is 0 Å². The number of likely N-dealkylation sites (N-methyl/N-ethyl adjacent to an activating group) is 1. The molecule has 0 bridgehead atoms. The summed E-state index contributed by atoms with van der Waals surface area (Å²) in [5, 5.41) is 0. The average molecular weight is 467 g/mol. The summed E-state index contributed by atoms with van der Waals surface area (Å²) in [5.41, 5.74) is 1.27. The van der Waals surface area contributed by atoms with Gasteiger partial charge in [-0.1, -0.05) is 37.5 Å². The van der Waals surface area contributed by atoms with E-state index in [-0.39, 0.29) is 15.4 Å². The Morgan fingerprint density at radius 2 is 1.75 bits per heavy atom. The Morgan fingerprint density at radius 1 is 1.07 bits per heavy atom. The number of hydrogen-bond acceptors (Lipinski definition) is 3. The number of nitrogens with zero attached hydrogens (tertiary/aromatic N) is 2. The van der Waals surface area contributed by atoms with E-state index in [9.17, 15) is 12.8 Å². The van der Waals surface area contributed by atoms with Crippen molar-refractivity contribution in [3.05, 3.63) is 52.8 Å². The predicted octanol–water partition coefficient (Wildman–Crippen LogP) is 5.31. The molecule has 2 aromatic carbocycles. The molecule has 28 heavy (non-hydrogen) atoms. The van der Waals surface area contributed by atoms with E-state index in [1.807, 2.05) is 35.2 Å². The van der Waals surface area contributed by atoms with E-state index in [4.69, 9.17) is 0 Å². The van der Waals surface area contributed by atoms with E-state index in [1.54, 1.807) is 7.05 Å². The van der Waals surface area contributed by atoms with Crippen molar-refractivity contribution in [2.24, 2.45) is 5.92 Å². The smallest absolute Gasteiger partial charge is 0.245 e. The van der Waals surface area contributed by atoms with Gasteiger partial charge < -0.3 is 4.90 Å². The molecule has 0 N–H and O–H groups in total. The van der Waals surface area contributed by atoms with Gasteiger partial charge >= 0.3 is 0 Å². The number of sulfonamides is 1. The Hall–Kier alpha value is -1.44. The molecule has 1 aliphatic carbocycles. The first-order valence-electron chi connectivity index (χ1n) is 9.69. The highest BCUT2D eigenvalue weighted by Gasteiger charge is 2.41. The summed E-state index contributed by atoms with van der Waals surface area (Å²) in [5.74, 6) is -0.156. The number of benzene rings is 2. The van der Waals surface area contributed by atoms with Crippen molar-refractivity contribution in [3.63, 3.8) is 0 Å². The topological polar surface area (TPSA) is 40.6 Å². The first-order valence-corrected chi connectivity index (χ1v) is 11.9. The number of fused-ring (bicyclic) bond motifs is 1. The number of halogens is 2. The second-order valence-electron chi connectivity index (χ2n) is 7.67. The average Bonchev–Trinajstić information content (AvgIpc) is 2.78. The minimum absolute atomic E-state index is 0.144. The van der Waals surface area contributed by atoms with Gasteiger partial charge in [-0.3, -0.25) is 0 Å². The molecule has 4 rings (SSSR count). The molecule has 1 saturated carbocycles. The Balaban J connectivity index is 1.90. The maximum atomic E-state index is 14.4. The molecule has 0 saturated heterocycles. The van der Waals surface area contributed by atoms with Crippen LogP contribution >= 0.6 is 15.9 Å². The Bertz CT molecular complexity index is 962. The third kappa shape index (κ3) is 3.48. The SMILES string of the molecule is CN1[C@H](C2CCCCC2)CN(c2ccccc2)c2cc(F)c(Br)cc2S1(=O)=O. The van der Waals surface area contributed by atoms with Crippen LogP contribution in [0.15, 0.2) is 51.8 Å². The van der Waals surface area contributed by atoms with Crippen molar-refractivity contribution in [3.8, 4) is 0 Å². The van der Waals surface area contributed by atoms with Crippen LogP contribution in [-0.2, 0) is 10.0 Å². The summed E-state index contributed by atoms with van der Waals surface area (Å²) >= 11 is 3.16. The quantitative estimate of drug-likeness (QED) is 0.601. The monoisotopic (exact) mass is 466 g/mol. The zero-order valence-corrected chi connectivity index (χ0v) is 18.2. The molecule has 0 amide bonds. The fraction of sp³-hybridized carbons (Fsp3) is 0.429. The molecule has 2 aromatic rings. The minimum Gasteiger partial charge on any atom is -0.339 e. The van der Waals surface area contributed by atoms with Crippen LogP contribution in [0.2, 0.25) is 0 Å². The first kappa shape index (κ1) is 19.9. The van der Waals surface area contributed by atoms with Gasteiger partial charge in [-0.15, -0.1) is 0 Å². The molecular formula is C21H24BrFN2O2S. The number of hydrogen-bond donors (Lipinski definition) is 0. The van der Waals surface area contributed by atoms with Crippen molar-refractivity contribution in [1.29, 1.82) is 0 Å². The molecule has 1 fully saturated rings. The van der Waals surface area contributed by atoms with Crippen LogP contribution in [0.1, 0.15) is 32.1 Å². The zero-order chi connectivity index (χ0) is 19.9. The molecule has 1 atom stereocenters. The third-order valence-corrected chi connectivity index (χ3v) is 8.57. The van der Waals surface area contributed by atoms with Gasteiger partial charge in [0.05, 0.1) is 10.2 Å². The largest absolute Gasteiger partial charge is 0.339 e. The van der Waals surface area contributed by atoms with Crippen LogP contribution in [-0.4, -0.2) is 32.4 Å². The normalized spacial score (nSPS) is 23.2. The molecule has 0 radical (unpaired) electrons. The Labute approximate surface area is 174 Å². The van der Waals surface area contributed by atoms with E-state index in [0.717, 1.165) is 31.4 Å². The lowest BCUT2D eigenvalue weighted by Gasteiger charge is -2.36. The zero-order valence-electron chi connectivity index (χ0n) is 15.8. The molecule has 2 aliphatic rings. The first-order chi connectivity index (χ1) is 13.4. The Morgan fingerprint density at radius 3 is 2.43 bits per heavy atom. The molecular weight excluding hydrogens is 443 g/mol. The van der Waals surface area contributed by atoms with Crippen LogP contribution in [0.4, 0.5) is 15.8 Å². The fourth-order valence-corrected chi connectivity index (χ4v) is 6.59. The van der Waals surface area contributed by atoms with Crippen LogP contribution in [0, 0.1) is 11.7 Å². The van der Waals surface area contributed by atoms with Gasteiger partial charge in [0.15, 0.2) is 0 Å². The predicted molar refractivity (Wildman–Crippen MR) is 113 cm³/mol. The van der Waals surface area contributed by atoms with Gasteiger partial charge in [-0.2, -0.15) is 4.31 Å². The maximum absolute atomic E-state index is 14.4. The lowest BCUT2D eigenvalue weighted by Crippen LogP contribution is -2.46. The van der Waals surface area contributed by atoms with Crippen LogP contribution < -0.4 is 4.90 Å². The lowest BCUT2D eigenvalue weighted by atomic mass is 9.83. The summed E-state index contributed by atoms with van der Waals surface area (Å²) < 4.78 is 43.1. The van der Waals surface area contributed by atoms with Gasteiger partial charge in [-0.05, 0) is 52.9 Å². The van der Waals surface area contributed by atoms with Crippen molar-refractivity contribution >= 4 is 37.3 Å². The van der Waals surface area contributed by atoms with Gasteiger partial charge in [-0.25, -0.2) is 12.8 Å². The summed E-state index contributed by atoms with van der Waals surface area (Å²) in [6.07, 6.45) is 5.53. The van der Waals surface area contributed by atoms with Gasteiger partial charge in [0, 0.05) is 31.4 Å². The summed E-state index contributed by atoms with van der Waals surface area (Å²) in [7, 11) is -2.07. The molecule has 7 heteroatoms. The molecule has 0 unspecified atom stereocenters. The highest BCUT2D eigenvalue weighted by Crippen LogP contribution is 2.42. The molecule has 150 valence electrons. The standard InChI is InChI=1S/C21H24BrFN2O2S/c1-24-20(15-8-4-2-5-9-15)14-25(16-10-6-3-7-11-16)19-13-18(23)17(22)12-21(19)28(24,26)27/h3,6-7,10-13,15,20H,2,4-5,8-9,14H2,1H3/t20-/m0/s1.